The summed E-state index contributed by atoms with van der Waals surface area (Å²) in [5, 5.41) is 2.59. The highest BCUT2D eigenvalue weighted by molar-refractivity contribution is 7.92. The van der Waals surface area contributed by atoms with E-state index in [0.29, 0.717) is 11.4 Å². The Hall–Kier alpha value is -2.54. The van der Waals surface area contributed by atoms with Crippen LogP contribution in [0.25, 0.3) is 0 Å². The highest BCUT2D eigenvalue weighted by Crippen LogP contribution is 2.28. The molecule has 0 aliphatic rings. The Morgan fingerprint density at radius 3 is 2.33 bits per heavy atom. The second-order valence-electron chi connectivity index (χ2n) is 5.45. The van der Waals surface area contributed by atoms with E-state index in [4.69, 9.17) is 4.74 Å². The molecule has 0 heterocycles. The van der Waals surface area contributed by atoms with Gasteiger partial charge < -0.3 is 10.1 Å². The maximum absolute atomic E-state index is 12.5. The molecule has 2 rings (SSSR count). The molecule has 1 amide bonds. The smallest absolute Gasteiger partial charge is 0.262 e. The Labute approximate surface area is 141 Å². The summed E-state index contributed by atoms with van der Waals surface area (Å²) in [7, 11) is -2.35. The van der Waals surface area contributed by atoms with Crippen molar-refractivity contribution in [2.24, 2.45) is 0 Å². The molecule has 24 heavy (non-hydrogen) atoms. The Kier molecular flexibility index (Phi) is 5.14. The number of methoxy groups -OCH3 is 1. The lowest BCUT2D eigenvalue weighted by Crippen LogP contribution is -2.14. The molecule has 2 aromatic rings. The van der Waals surface area contributed by atoms with E-state index in [2.05, 4.69) is 10.0 Å². The number of ether oxygens (including phenoxy) is 1. The standard InChI is InChI=1S/C17H20N2O4S/c1-11-5-6-14(9-12(11)2)19-24(21,22)15-7-8-16(18-13(3)20)17(10-15)23-4/h5-10,19H,1-4H3,(H,18,20). The fraction of sp³-hybridized carbons (Fsp3) is 0.235. The SMILES string of the molecule is COc1cc(S(=O)(=O)Nc2ccc(C)c(C)c2)ccc1NC(C)=O. The largest absolute Gasteiger partial charge is 0.495 e. The van der Waals surface area contributed by atoms with E-state index < -0.39 is 10.0 Å². The molecule has 6 nitrogen and oxygen atoms in total. The van der Waals surface area contributed by atoms with Gasteiger partial charge in [-0.05, 0) is 49.2 Å². The average molecular weight is 348 g/mol. The zero-order chi connectivity index (χ0) is 17.9. The van der Waals surface area contributed by atoms with Gasteiger partial charge in [0.1, 0.15) is 5.75 Å². The van der Waals surface area contributed by atoms with E-state index in [0.717, 1.165) is 11.1 Å². The van der Waals surface area contributed by atoms with Crippen LogP contribution >= 0.6 is 0 Å². The van der Waals surface area contributed by atoms with Crippen molar-refractivity contribution in [1.29, 1.82) is 0 Å². The third-order valence-electron chi connectivity index (χ3n) is 3.55. The summed E-state index contributed by atoms with van der Waals surface area (Å²) in [5.74, 6) is 0.00493. The van der Waals surface area contributed by atoms with E-state index in [9.17, 15) is 13.2 Å². The van der Waals surface area contributed by atoms with Crippen molar-refractivity contribution in [3.05, 3.63) is 47.5 Å². The first-order chi connectivity index (χ1) is 11.2. The van der Waals surface area contributed by atoms with Crippen LogP contribution in [0.3, 0.4) is 0 Å². The first kappa shape index (κ1) is 17.8. The molecule has 2 N–H and O–H groups in total. The summed E-state index contributed by atoms with van der Waals surface area (Å²) in [4.78, 5) is 11.2. The second-order valence-corrected chi connectivity index (χ2v) is 7.13. The molecule has 0 saturated heterocycles. The van der Waals surface area contributed by atoms with Crippen LogP contribution in [-0.2, 0) is 14.8 Å². The number of carbonyl (C=O) groups excluding carboxylic acids is 1. The molecule has 0 aromatic heterocycles. The van der Waals surface area contributed by atoms with E-state index in [1.165, 1.54) is 32.2 Å². The van der Waals surface area contributed by atoms with Crippen molar-refractivity contribution in [3.63, 3.8) is 0 Å². The lowest BCUT2D eigenvalue weighted by molar-refractivity contribution is -0.114. The molecule has 7 heteroatoms. The van der Waals surface area contributed by atoms with E-state index in [1.54, 1.807) is 12.1 Å². The van der Waals surface area contributed by atoms with Gasteiger partial charge in [0.05, 0.1) is 17.7 Å². The van der Waals surface area contributed by atoms with Crippen LogP contribution in [0.1, 0.15) is 18.1 Å². The first-order valence-corrected chi connectivity index (χ1v) is 8.77. The van der Waals surface area contributed by atoms with Gasteiger partial charge in [0.2, 0.25) is 5.91 Å². The Morgan fingerprint density at radius 2 is 1.75 bits per heavy atom. The van der Waals surface area contributed by atoms with Crippen molar-refractivity contribution in [2.45, 2.75) is 25.7 Å². The second kappa shape index (κ2) is 6.92. The van der Waals surface area contributed by atoms with Crippen LogP contribution in [0.4, 0.5) is 11.4 Å². The summed E-state index contributed by atoms with van der Waals surface area (Å²) >= 11 is 0. The number of sulfonamides is 1. The van der Waals surface area contributed by atoms with Crippen LogP contribution in [-0.4, -0.2) is 21.4 Å². The van der Waals surface area contributed by atoms with E-state index >= 15 is 0 Å². The lowest BCUT2D eigenvalue weighted by atomic mass is 10.1. The summed E-state index contributed by atoms with van der Waals surface area (Å²) in [5.41, 5.74) is 2.98. The van der Waals surface area contributed by atoms with E-state index in [-0.39, 0.29) is 16.6 Å². The highest BCUT2D eigenvalue weighted by atomic mass is 32.2. The molecule has 0 bridgehead atoms. The third kappa shape index (κ3) is 4.05. The first-order valence-electron chi connectivity index (χ1n) is 7.28. The van der Waals surface area contributed by atoms with Gasteiger partial charge in [-0.2, -0.15) is 0 Å². The number of hydrogen-bond donors (Lipinski definition) is 2. The van der Waals surface area contributed by atoms with Crippen LogP contribution < -0.4 is 14.8 Å². The average Bonchev–Trinajstić information content (AvgIpc) is 2.50. The molecule has 0 aliphatic carbocycles. The van der Waals surface area contributed by atoms with Gasteiger partial charge in [-0.25, -0.2) is 8.42 Å². The van der Waals surface area contributed by atoms with Gasteiger partial charge in [-0.1, -0.05) is 6.07 Å². The summed E-state index contributed by atoms with van der Waals surface area (Å²) < 4.78 is 32.8. The number of hydrogen-bond acceptors (Lipinski definition) is 4. The fourth-order valence-electron chi connectivity index (χ4n) is 2.15. The van der Waals surface area contributed by atoms with Crippen LogP contribution in [0.15, 0.2) is 41.3 Å². The summed E-state index contributed by atoms with van der Waals surface area (Å²) in [6.07, 6.45) is 0. The molecule has 0 fully saturated rings. The fourth-order valence-corrected chi connectivity index (χ4v) is 3.22. The zero-order valence-electron chi connectivity index (χ0n) is 14.0. The maximum atomic E-state index is 12.5. The predicted octanol–water partition coefficient (Wildman–Crippen LogP) is 3.07. The Bertz CT molecular complexity index is 876. The van der Waals surface area contributed by atoms with Crippen molar-refractivity contribution in [2.75, 3.05) is 17.1 Å². The molecule has 0 saturated carbocycles. The van der Waals surface area contributed by atoms with Crippen LogP contribution in [0.2, 0.25) is 0 Å². The quantitative estimate of drug-likeness (QED) is 0.870. The molecular weight excluding hydrogens is 328 g/mol. The summed E-state index contributed by atoms with van der Waals surface area (Å²) in [6, 6.07) is 9.62. The summed E-state index contributed by atoms with van der Waals surface area (Å²) in [6.45, 7) is 5.24. The van der Waals surface area contributed by atoms with Gasteiger partial charge in [0.15, 0.2) is 0 Å². The molecule has 0 radical (unpaired) electrons. The minimum atomic E-state index is -3.76. The van der Waals surface area contributed by atoms with Gasteiger partial charge in [0.25, 0.3) is 10.0 Å². The number of amides is 1. The van der Waals surface area contributed by atoms with Crippen LogP contribution in [0, 0.1) is 13.8 Å². The number of nitrogens with one attached hydrogen (secondary N) is 2. The minimum absolute atomic E-state index is 0.0479. The van der Waals surface area contributed by atoms with Gasteiger partial charge in [-0.15, -0.1) is 0 Å². The highest BCUT2D eigenvalue weighted by Gasteiger charge is 2.17. The third-order valence-corrected chi connectivity index (χ3v) is 4.93. The van der Waals surface area contributed by atoms with Crippen molar-refractivity contribution >= 4 is 27.3 Å². The number of aryl methyl sites for hydroxylation is 2. The van der Waals surface area contributed by atoms with Gasteiger partial charge >= 0.3 is 0 Å². The predicted molar refractivity (Wildman–Crippen MR) is 94.0 cm³/mol. The topological polar surface area (TPSA) is 84.5 Å². The van der Waals surface area contributed by atoms with Gasteiger partial charge in [0, 0.05) is 18.7 Å². The van der Waals surface area contributed by atoms with E-state index in [1.807, 2.05) is 19.9 Å². The van der Waals surface area contributed by atoms with Gasteiger partial charge in [-0.3, -0.25) is 9.52 Å². The zero-order valence-corrected chi connectivity index (χ0v) is 14.8. The molecule has 2 aromatic carbocycles. The lowest BCUT2D eigenvalue weighted by Gasteiger charge is -2.13. The molecule has 128 valence electrons. The molecule has 0 atom stereocenters. The number of carbonyl (C=O) groups is 1. The van der Waals surface area contributed by atoms with Crippen LogP contribution in [0.5, 0.6) is 5.75 Å². The molecule has 0 unspecified atom stereocenters. The molecule has 0 spiro atoms. The van der Waals surface area contributed by atoms with Crippen molar-refractivity contribution < 1.29 is 17.9 Å². The Balaban J connectivity index is 2.34. The maximum Gasteiger partial charge on any atom is 0.262 e. The number of anilines is 2. The van der Waals surface area contributed by atoms with Crippen molar-refractivity contribution in [3.8, 4) is 5.75 Å². The minimum Gasteiger partial charge on any atom is -0.495 e. The van der Waals surface area contributed by atoms with Crippen molar-refractivity contribution in [1.82, 2.24) is 0 Å². The normalized spacial score (nSPS) is 11.0. The molecule has 0 aliphatic heterocycles. The monoisotopic (exact) mass is 348 g/mol. The Morgan fingerprint density at radius 1 is 1.04 bits per heavy atom. The number of rotatable bonds is 5. The molecular formula is C17H20N2O4S. The number of benzene rings is 2.